The van der Waals surface area contributed by atoms with E-state index >= 15 is 0 Å². The van der Waals surface area contributed by atoms with Gasteiger partial charge in [0.15, 0.2) is 0 Å². The second kappa shape index (κ2) is 4.75. The molecule has 0 N–H and O–H groups in total. The van der Waals surface area contributed by atoms with Crippen molar-refractivity contribution in [2.75, 3.05) is 0 Å². The van der Waals surface area contributed by atoms with Crippen LogP contribution in [0.15, 0.2) is 36.7 Å². The quantitative estimate of drug-likeness (QED) is 0.733. The molecule has 82 valence electrons. The largest absolute Gasteiger partial charge is 0.304 e. The van der Waals surface area contributed by atoms with Crippen LogP contribution in [0.5, 0.6) is 0 Å². The molecular formula is C13H14N2O. The molecule has 1 heterocycles. The second-order valence-corrected chi connectivity index (χ2v) is 3.67. The number of carbonyl (C=O) groups is 1. The summed E-state index contributed by atoms with van der Waals surface area (Å²) < 4.78 is 2.05. The van der Waals surface area contributed by atoms with Gasteiger partial charge in [0.25, 0.3) is 0 Å². The minimum Gasteiger partial charge on any atom is -0.304 e. The minimum absolute atomic E-state index is 0.695. The zero-order valence-electron chi connectivity index (χ0n) is 9.26. The van der Waals surface area contributed by atoms with Gasteiger partial charge in [-0.2, -0.15) is 0 Å². The summed E-state index contributed by atoms with van der Waals surface area (Å²) >= 11 is 0. The smallest absolute Gasteiger partial charge is 0.150 e. The number of aromatic nitrogens is 2. The van der Waals surface area contributed by atoms with Gasteiger partial charge < -0.3 is 4.57 Å². The van der Waals surface area contributed by atoms with Crippen molar-refractivity contribution in [1.29, 1.82) is 0 Å². The van der Waals surface area contributed by atoms with Gasteiger partial charge in [-0.25, -0.2) is 4.98 Å². The monoisotopic (exact) mass is 214 g/mol. The lowest BCUT2D eigenvalue weighted by molar-refractivity contribution is 0.112. The fourth-order valence-corrected chi connectivity index (χ4v) is 1.69. The van der Waals surface area contributed by atoms with Crippen molar-refractivity contribution < 1.29 is 4.79 Å². The third-order valence-electron chi connectivity index (χ3n) is 2.50. The maximum absolute atomic E-state index is 10.6. The van der Waals surface area contributed by atoms with E-state index in [1.165, 1.54) is 0 Å². The van der Waals surface area contributed by atoms with Crippen molar-refractivity contribution in [2.45, 2.75) is 19.8 Å². The van der Waals surface area contributed by atoms with Crippen molar-refractivity contribution in [1.82, 2.24) is 9.55 Å². The fourth-order valence-electron chi connectivity index (χ4n) is 1.69. The molecule has 0 aliphatic rings. The predicted molar refractivity (Wildman–Crippen MR) is 62.9 cm³/mol. The highest BCUT2D eigenvalue weighted by Crippen LogP contribution is 2.12. The Balaban J connectivity index is 2.34. The molecule has 1 aromatic carbocycles. The number of aryl methyl sites for hydroxylation is 1. The Hall–Kier alpha value is -1.90. The van der Waals surface area contributed by atoms with Crippen LogP contribution in [0.25, 0.3) is 5.69 Å². The second-order valence-electron chi connectivity index (χ2n) is 3.67. The molecule has 2 rings (SSSR count). The molecule has 0 spiro atoms. The van der Waals surface area contributed by atoms with Gasteiger partial charge in [-0.15, -0.1) is 0 Å². The van der Waals surface area contributed by atoms with E-state index in [1.54, 1.807) is 6.20 Å². The molecule has 0 saturated heterocycles. The first kappa shape index (κ1) is 10.6. The number of aldehydes is 1. The maximum atomic E-state index is 10.6. The zero-order chi connectivity index (χ0) is 11.4. The van der Waals surface area contributed by atoms with Gasteiger partial charge in [0.2, 0.25) is 0 Å². The standard InChI is InChI=1S/C13H14N2O/c1-2-3-13-14-8-9-15(13)12-6-4-11(10-16)5-7-12/h4-10H,2-3H2,1H3. The van der Waals surface area contributed by atoms with Crippen LogP contribution in [-0.2, 0) is 6.42 Å². The fraction of sp³-hybridized carbons (Fsp3) is 0.231. The molecule has 0 saturated carbocycles. The molecular weight excluding hydrogens is 200 g/mol. The lowest BCUT2D eigenvalue weighted by Gasteiger charge is -2.06. The molecule has 1 aromatic heterocycles. The average molecular weight is 214 g/mol. The lowest BCUT2D eigenvalue weighted by Crippen LogP contribution is -2.00. The van der Waals surface area contributed by atoms with E-state index in [1.807, 2.05) is 30.5 Å². The molecule has 0 amide bonds. The van der Waals surface area contributed by atoms with Gasteiger partial charge in [-0.05, 0) is 30.7 Å². The van der Waals surface area contributed by atoms with Crippen LogP contribution < -0.4 is 0 Å². The highest BCUT2D eigenvalue weighted by molar-refractivity contribution is 5.75. The van der Waals surface area contributed by atoms with E-state index in [0.717, 1.165) is 30.6 Å². The Morgan fingerprint density at radius 3 is 2.69 bits per heavy atom. The topological polar surface area (TPSA) is 34.9 Å². The third kappa shape index (κ3) is 2.03. The molecule has 0 unspecified atom stereocenters. The molecule has 16 heavy (non-hydrogen) atoms. The Bertz CT molecular complexity index is 471. The van der Waals surface area contributed by atoms with Crippen molar-refractivity contribution >= 4 is 6.29 Å². The number of imidazole rings is 1. The summed E-state index contributed by atoms with van der Waals surface area (Å²) in [6, 6.07) is 7.51. The Morgan fingerprint density at radius 2 is 2.06 bits per heavy atom. The molecule has 2 aromatic rings. The lowest BCUT2D eigenvalue weighted by atomic mass is 10.2. The van der Waals surface area contributed by atoms with E-state index in [9.17, 15) is 4.79 Å². The predicted octanol–water partition coefficient (Wildman–Crippen LogP) is 2.64. The van der Waals surface area contributed by atoms with Gasteiger partial charge in [-0.1, -0.05) is 6.92 Å². The van der Waals surface area contributed by atoms with Gasteiger partial charge in [0, 0.05) is 30.1 Å². The van der Waals surface area contributed by atoms with Crippen LogP contribution in [0.4, 0.5) is 0 Å². The Kier molecular flexibility index (Phi) is 3.15. The average Bonchev–Trinajstić information content (AvgIpc) is 2.78. The van der Waals surface area contributed by atoms with E-state index in [-0.39, 0.29) is 0 Å². The normalized spacial score (nSPS) is 10.3. The summed E-state index contributed by atoms with van der Waals surface area (Å²) in [5.41, 5.74) is 1.74. The summed E-state index contributed by atoms with van der Waals surface area (Å²) in [4.78, 5) is 14.9. The molecule has 3 nitrogen and oxygen atoms in total. The summed E-state index contributed by atoms with van der Waals surface area (Å²) in [7, 11) is 0. The van der Waals surface area contributed by atoms with Crippen molar-refractivity contribution in [2.24, 2.45) is 0 Å². The number of hydrogen-bond acceptors (Lipinski definition) is 2. The van der Waals surface area contributed by atoms with E-state index in [2.05, 4.69) is 16.5 Å². The summed E-state index contributed by atoms with van der Waals surface area (Å²) in [6.45, 7) is 2.13. The first-order valence-electron chi connectivity index (χ1n) is 5.43. The Labute approximate surface area is 94.7 Å². The number of benzene rings is 1. The van der Waals surface area contributed by atoms with Gasteiger partial charge in [-0.3, -0.25) is 4.79 Å². The van der Waals surface area contributed by atoms with Crippen LogP contribution in [0.2, 0.25) is 0 Å². The zero-order valence-corrected chi connectivity index (χ0v) is 9.26. The van der Waals surface area contributed by atoms with Crippen LogP contribution in [0.1, 0.15) is 29.5 Å². The van der Waals surface area contributed by atoms with Gasteiger partial charge >= 0.3 is 0 Å². The third-order valence-corrected chi connectivity index (χ3v) is 2.50. The molecule has 3 heteroatoms. The summed E-state index contributed by atoms with van der Waals surface area (Å²) in [6.07, 6.45) is 6.63. The molecule has 0 aliphatic carbocycles. The van der Waals surface area contributed by atoms with Crippen LogP contribution in [0.3, 0.4) is 0 Å². The summed E-state index contributed by atoms with van der Waals surface area (Å²) in [5, 5.41) is 0. The minimum atomic E-state index is 0.695. The Morgan fingerprint density at radius 1 is 1.31 bits per heavy atom. The van der Waals surface area contributed by atoms with E-state index < -0.39 is 0 Å². The summed E-state index contributed by atoms with van der Waals surface area (Å²) in [5.74, 6) is 1.06. The highest BCUT2D eigenvalue weighted by Gasteiger charge is 2.03. The first-order valence-corrected chi connectivity index (χ1v) is 5.43. The number of rotatable bonds is 4. The molecule has 0 radical (unpaired) electrons. The van der Waals surface area contributed by atoms with Crippen LogP contribution in [0, 0.1) is 0 Å². The molecule has 0 atom stereocenters. The number of carbonyl (C=O) groups excluding carboxylic acids is 1. The first-order chi connectivity index (χ1) is 7.85. The highest BCUT2D eigenvalue weighted by atomic mass is 16.1. The van der Waals surface area contributed by atoms with E-state index in [4.69, 9.17) is 0 Å². The van der Waals surface area contributed by atoms with Crippen molar-refractivity contribution in [3.8, 4) is 5.69 Å². The van der Waals surface area contributed by atoms with E-state index in [0.29, 0.717) is 5.56 Å². The van der Waals surface area contributed by atoms with Crippen LogP contribution in [-0.4, -0.2) is 15.8 Å². The maximum Gasteiger partial charge on any atom is 0.150 e. The SMILES string of the molecule is CCCc1nccn1-c1ccc(C=O)cc1. The number of nitrogens with zero attached hydrogens (tertiary/aromatic N) is 2. The van der Waals surface area contributed by atoms with Gasteiger partial charge in [0.1, 0.15) is 12.1 Å². The molecule has 0 bridgehead atoms. The number of hydrogen-bond donors (Lipinski definition) is 0. The van der Waals surface area contributed by atoms with Crippen molar-refractivity contribution in [3.05, 3.63) is 48.0 Å². The molecule has 0 fully saturated rings. The van der Waals surface area contributed by atoms with Crippen molar-refractivity contribution in [3.63, 3.8) is 0 Å². The molecule has 0 aliphatic heterocycles. The van der Waals surface area contributed by atoms with Crippen LogP contribution >= 0.6 is 0 Å². The van der Waals surface area contributed by atoms with Gasteiger partial charge in [0.05, 0.1) is 0 Å².